The lowest BCUT2D eigenvalue weighted by Crippen LogP contribution is -2.51. The minimum atomic E-state index is -0.577. The molecule has 4 aliphatic rings. The maximum absolute atomic E-state index is 12.9. The normalized spacial score (nSPS) is 31.2. The molecule has 5 rings (SSSR count). The van der Waals surface area contributed by atoms with Gasteiger partial charge in [-0.15, -0.1) is 0 Å². The van der Waals surface area contributed by atoms with Crippen molar-refractivity contribution in [2.75, 3.05) is 7.11 Å². The van der Waals surface area contributed by atoms with E-state index in [0.29, 0.717) is 12.3 Å². The number of piperidine rings is 1. The summed E-state index contributed by atoms with van der Waals surface area (Å²) in [6.45, 7) is 7.66. The van der Waals surface area contributed by atoms with Gasteiger partial charge >= 0.3 is 12.1 Å². The van der Waals surface area contributed by atoms with Crippen LogP contribution in [0.25, 0.3) is 0 Å². The summed E-state index contributed by atoms with van der Waals surface area (Å²) in [5.74, 6) is 1.18. The number of amides is 1. The minimum Gasteiger partial charge on any atom is -0.490 e. The zero-order valence-electron chi connectivity index (χ0n) is 22.2. The molecule has 2 bridgehead atoms. The highest BCUT2D eigenvalue weighted by Crippen LogP contribution is 2.50. The standard InChI is InChI=1S/C29H41NO6/c1-16(27(32)34-5)26(17-6-7-17)18-8-11-22-23(31)15-24(35-25(22)14-18)19-12-20-9-10-21(13-19)30(20)28(33)36-29(2,3)4/h8,11,14,16-17,19-21,23-24,26,31H,6-7,9-10,12-13,15H2,1-5H3/t16-,19?,20-,21+,23?,24?,26-/m0/s1. The second-order valence-electron chi connectivity index (χ2n) is 12.4. The Kier molecular flexibility index (Phi) is 6.73. The fourth-order valence-corrected chi connectivity index (χ4v) is 6.87. The largest absolute Gasteiger partial charge is 0.490 e. The number of hydrogen-bond donors (Lipinski definition) is 1. The number of aliphatic hydroxyl groups excluding tert-OH is 1. The van der Waals surface area contributed by atoms with Crippen LogP contribution < -0.4 is 4.74 Å². The Morgan fingerprint density at radius 1 is 1.08 bits per heavy atom. The molecule has 3 unspecified atom stereocenters. The molecule has 3 heterocycles. The van der Waals surface area contributed by atoms with Crippen LogP contribution in [0.1, 0.15) is 95.8 Å². The van der Waals surface area contributed by atoms with Gasteiger partial charge in [-0.25, -0.2) is 4.79 Å². The van der Waals surface area contributed by atoms with Gasteiger partial charge in [0.15, 0.2) is 0 Å². The van der Waals surface area contributed by atoms with E-state index >= 15 is 0 Å². The van der Waals surface area contributed by atoms with Crippen molar-refractivity contribution < 1.29 is 28.9 Å². The lowest BCUT2D eigenvalue weighted by Gasteiger charge is -2.43. The molecule has 1 amide bonds. The molecule has 1 aliphatic carbocycles. The number of hydrogen-bond acceptors (Lipinski definition) is 6. The molecule has 198 valence electrons. The highest BCUT2D eigenvalue weighted by molar-refractivity contribution is 5.73. The number of fused-ring (bicyclic) bond motifs is 3. The van der Waals surface area contributed by atoms with E-state index in [0.717, 1.165) is 55.4 Å². The average Bonchev–Trinajstić information content (AvgIpc) is 3.61. The zero-order chi connectivity index (χ0) is 25.8. The maximum Gasteiger partial charge on any atom is 0.410 e. The molecule has 0 aromatic heterocycles. The van der Waals surface area contributed by atoms with Gasteiger partial charge in [-0.3, -0.25) is 4.79 Å². The Bertz CT molecular complexity index is 984. The summed E-state index contributed by atoms with van der Waals surface area (Å²) < 4.78 is 17.3. The first-order valence-corrected chi connectivity index (χ1v) is 13.6. The number of methoxy groups -OCH3 is 1. The van der Waals surface area contributed by atoms with Crippen LogP contribution in [0.15, 0.2) is 18.2 Å². The second kappa shape index (κ2) is 9.55. The van der Waals surface area contributed by atoms with Crippen LogP contribution in [-0.2, 0) is 14.3 Å². The van der Waals surface area contributed by atoms with Crippen molar-refractivity contribution in [3.8, 4) is 5.75 Å². The lowest BCUT2D eigenvalue weighted by atomic mass is 9.80. The molecule has 7 atom stereocenters. The molecule has 3 aliphatic heterocycles. The minimum absolute atomic E-state index is 0.0935. The third-order valence-electron chi connectivity index (χ3n) is 8.66. The highest BCUT2D eigenvalue weighted by Gasteiger charge is 2.48. The first kappa shape index (κ1) is 25.4. The number of nitrogens with zero attached hydrogens (tertiary/aromatic N) is 1. The van der Waals surface area contributed by atoms with Crippen LogP contribution in [0, 0.1) is 17.8 Å². The summed E-state index contributed by atoms with van der Waals surface area (Å²) in [6.07, 6.45) is 5.64. The quantitative estimate of drug-likeness (QED) is 0.550. The number of benzene rings is 1. The van der Waals surface area contributed by atoms with Crippen molar-refractivity contribution >= 4 is 12.1 Å². The Hall–Kier alpha value is -2.28. The smallest absolute Gasteiger partial charge is 0.410 e. The number of carbonyl (C=O) groups excluding carboxylic acids is 2. The first-order valence-electron chi connectivity index (χ1n) is 13.6. The van der Waals surface area contributed by atoms with Gasteiger partial charge in [0.25, 0.3) is 0 Å². The molecule has 1 aromatic carbocycles. The Morgan fingerprint density at radius 3 is 2.33 bits per heavy atom. The molecule has 1 saturated carbocycles. The monoisotopic (exact) mass is 499 g/mol. The molecule has 1 aromatic rings. The Morgan fingerprint density at radius 2 is 1.75 bits per heavy atom. The number of rotatable bonds is 5. The third-order valence-corrected chi connectivity index (χ3v) is 8.66. The first-order chi connectivity index (χ1) is 17.1. The number of esters is 1. The van der Waals surface area contributed by atoms with Crippen molar-refractivity contribution in [2.45, 2.75) is 108 Å². The van der Waals surface area contributed by atoms with E-state index in [1.165, 1.54) is 7.11 Å². The number of ether oxygens (including phenoxy) is 3. The van der Waals surface area contributed by atoms with Crippen LogP contribution in [-0.4, -0.2) is 53.0 Å². The van der Waals surface area contributed by atoms with E-state index in [4.69, 9.17) is 14.2 Å². The molecule has 36 heavy (non-hydrogen) atoms. The van der Waals surface area contributed by atoms with E-state index in [1.54, 1.807) is 0 Å². The van der Waals surface area contributed by atoms with Gasteiger partial charge < -0.3 is 24.2 Å². The molecule has 7 nitrogen and oxygen atoms in total. The van der Waals surface area contributed by atoms with Gasteiger partial charge in [-0.05, 0) is 88.7 Å². The third kappa shape index (κ3) is 4.96. The summed E-state index contributed by atoms with van der Waals surface area (Å²) in [5.41, 5.74) is 1.40. The predicted molar refractivity (Wildman–Crippen MR) is 135 cm³/mol. The Labute approximate surface area is 214 Å². The van der Waals surface area contributed by atoms with E-state index in [1.807, 2.05) is 44.7 Å². The summed E-state index contributed by atoms with van der Waals surface area (Å²) in [6, 6.07) is 6.40. The Balaban J connectivity index is 1.32. The van der Waals surface area contributed by atoms with Gasteiger partial charge in [-0.1, -0.05) is 19.1 Å². The van der Waals surface area contributed by atoms with Crippen LogP contribution in [0.4, 0.5) is 4.79 Å². The molecule has 1 N–H and O–H groups in total. The van der Waals surface area contributed by atoms with Crippen molar-refractivity contribution in [3.05, 3.63) is 29.3 Å². The summed E-state index contributed by atoms with van der Waals surface area (Å²) in [5, 5.41) is 11.0. The summed E-state index contributed by atoms with van der Waals surface area (Å²) >= 11 is 0. The van der Waals surface area contributed by atoms with Crippen LogP contribution in [0.2, 0.25) is 0 Å². The van der Waals surface area contributed by atoms with E-state index in [9.17, 15) is 14.7 Å². The fraction of sp³-hybridized carbons (Fsp3) is 0.724. The zero-order valence-corrected chi connectivity index (χ0v) is 22.2. The fourth-order valence-electron chi connectivity index (χ4n) is 6.87. The molecular formula is C29H41NO6. The molecule has 7 heteroatoms. The van der Waals surface area contributed by atoms with Crippen molar-refractivity contribution in [2.24, 2.45) is 17.8 Å². The molecule has 2 saturated heterocycles. The van der Waals surface area contributed by atoms with Crippen LogP contribution in [0.3, 0.4) is 0 Å². The van der Waals surface area contributed by atoms with Crippen molar-refractivity contribution in [1.82, 2.24) is 4.90 Å². The van der Waals surface area contributed by atoms with Gasteiger partial charge in [0.2, 0.25) is 0 Å². The number of carbonyl (C=O) groups is 2. The van der Waals surface area contributed by atoms with Gasteiger partial charge in [-0.2, -0.15) is 0 Å². The van der Waals surface area contributed by atoms with Crippen LogP contribution >= 0.6 is 0 Å². The SMILES string of the molecule is COC(=O)[C@@H](C)[C@H](c1ccc2c(c1)OC(C1C[C@H]3CC[C@@H](C1)N3C(=O)OC(C)(C)C)CC2O)C1CC1. The highest BCUT2D eigenvalue weighted by atomic mass is 16.6. The van der Waals surface area contributed by atoms with E-state index in [2.05, 4.69) is 6.07 Å². The van der Waals surface area contributed by atoms with Crippen molar-refractivity contribution in [1.29, 1.82) is 0 Å². The lowest BCUT2D eigenvalue weighted by molar-refractivity contribution is -0.145. The van der Waals surface area contributed by atoms with Crippen LogP contribution in [0.5, 0.6) is 5.75 Å². The van der Waals surface area contributed by atoms with E-state index < -0.39 is 11.7 Å². The molecular weight excluding hydrogens is 458 g/mol. The summed E-state index contributed by atoms with van der Waals surface area (Å²) in [7, 11) is 1.45. The molecule has 0 radical (unpaired) electrons. The van der Waals surface area contributed by atoms with E-state index in [-0.39, 0.29) is 48.0 Å². The van der Waals surface area contributed by atoms with Crippen molar-refractivity contribution in [3.63, 3.8) is 0 Å². The summed E-state index contributed by atoms with van der Waals surface area (Å²) in [4.78, 5) is 27.2. The van der Waals surface area contributed by atoms with Gasteiger partial charge in [0.1, 0.15) is 17.5 Å². The predicted octanol–water partition coefficient (Wildman–Crippen LogP) is 5.35. The molecule has 3 fully saturated rings. The van der Waals surface area contributed by atoms with Gasteiger partial charge in [0.05, 0.1) is 19.1 Å². The van der Waals surface area contributed by atoms with Gasteiger partial charge in [0, 0.05) is 24.1 Å². The second-order valence-corrected chi connectivity index (χ2v) is 12.4. The molecule has 0 spiro atoms. The maximum atomic E-state index is 12.9. The number of aliphatic hydroxyl groups is 1. The average molecular weight is 500 g/mol. The topological polar surface area (TPSA) is 85.3 Å².